The SMILES string of the molecule is [C-]#[N+]c1cnn(C)c1CN(CCO[Si](C)(C)C(C)(C)C)c1nc(SC)nc2c(F)c(Br)c(Cl)c(F)c12. The molecule has 3 rings (SSSR count). The van der Waals surface area contributed by atoms with Crippen LogP contribution in [0.15, 0.2) is 15.8 Å². The Morgan fingerprint density at radius 1 is 1.28 bits per heavy atom. The Balaban J connectivity index is 2.18. The highest BCUT2D eigenvalue weighted by molar-refractivity contribution is 9.10. The summed E-state index contributed by atoms with van der Waals surface area (Å²) in [5.41, 5.74) is 0.798. The molecule has 0 unspecified atom stereocenters. The quantitative estimate of drug-likeness (QED) is 0.0658. The first-order chi connectivity index (χ1) is 16.7. The van der Waals surface area contributed by atoms with Crippen molar-refractivity contribution in [3.63, 3.8) is 0 Å². The first kappa shape index (κ1) is 28.8. The summed E-state index contributed by atoms with van der Waals surface area (Å²) < 4.78 is 38.5. The largest absolute Gasteiger partial charge is 0.415 e. The van der Waals surface area contributed by atoms with Crippen LogP contribution >= 0.6 is 39.3 Å². The summed E-state index contributed by atoms with van der Waals surface area (Å²) in [7, 11) is -0.349. The summed E-state index contributed by atoms with van der Waals surface area (Å²) in [6.07, 6.45) is 3.24. The van der Waals surface area contributed by atoms with Crippen molar-refractivity contribution >= 4 is 70.0 Å². The molecule has 0 fully saturated rings. The van der Waals surface area contributed by atoms with E-state index in [0.29, 0.717) is 24.5 Å². The van der Waals surface area contributed by atoms with Crippen LogP contribution in [0.4, 0.5) is 20.3 Å². The maximum atomic E-state index is 15.5. The zero-order valence-electron chi connectivity index (χ0n) is 21.2. The van der Waals surface area contributed by atoms with Crippen molar-refractivity contribution in [1.29, 1.82) is 0 Å². The molecule has 0 aliphatic rings. The number of benzene rings is 1. The molecule has 0 saturated carbocycles. The summed E-state index contributed by atoms with van der Waals surface area (Å²) in [6, 6.07) is 0. The van der Waals surface area contributed by atoms with E-state index in [1.54, 1.807) is 22.9 Å². The number of nitrogens with zero attached hydrogens (tertiary/aromatic N) is 6. The van der Waals surface area contributed by atoms with Crippen molar-refractivity contribution in [2.24, 2.45) is 7.05 Å². The van der Waals surface area contributed by atoms with Crippen LogP contribution in [-0.4, -0.2) is 47.5 Å². The van der Waals surface area contributed by atoms with Crippen LogP contribution in [-0.2, 0) is 18.0 Å². The van der Waals surface area contributed by atoms with Gasteiger partial charge in [0.05, 0.1) is 46.5 Å². The molecule has 194 valence electrons. The van der Waals surface area contributed by atoms with E-state index in [4.69, 9.17) is 22.6 Å². The van der Waals surface area contributed by atoms with Crippen molar-refractivity contribution in [1.82, 2.24) is 19.7 Å². The molecular formula is C23H28BrClF2N6OSSi. The highest BCUT2D eigenvalue weighted by Gasteiger charge is 2.37. The van der Waals surface area contributed by atoms with Crippen molar-refractivity contribution in [2.75, 3.05) is 24.3 Å². The van der Waals surface area contributed by atoms with Gasteiger partial charge in [-0.15, -0.1) is 0 Å². The second-order valence-electron chi connectivity index (χ2n) is 9.76. The lowest BCUT2D eigenvalue weighted by molar-refractivity contribution is 0.293. The van der Waals surface area contributed by atoms with Crippen LogP contribution in [0.2, 0.25) is 23.2 Å². The van der Waals surface area contributed by atoms with Gasteiger partial charge in [0, 0.05) is 13.6 Å². The second-order valence-corrected chi connectivity index (χ2v) is 16.5. The van der Waals surface area contributed by atoms with Gasteiger partial charge >= 0.3 is 0 Å². The van der Waals surface area contributed by atoms with Crippen molar-refractivity contribution < 1.29 is 13.2 Å². The number of anilines is 1. The van der Waals surface area contributed by atoms with E-state index in [1.165, 1.54) is 18.0 Å². The summed E-state index contributed by atoms with van der Waals surface area (Å²) >= 11 is 10.4. The number of thioether (sulfide) groups is 1. The van der Waals surface area contributed by atoms with Gasteiger partial charge in [-0.2, -0.15) is 5.10 Å². The topological polar surface area (TPSA) is 60.4 Å². The Morgan fingerprint density at radius 3 is 2.53 bits per heavy atom. The molecule has 2 heterocycles. The minimum atomic E-state index is -2.08. The monoisotopic (exact) mass is 616 g/mol. The number of halogens is 4. The Hall–Kier alpha value is -1.78. The van der Waals surface area contributed by atoms with E-state index in [9.17, 15) is 0 Å². The Kier molecular flexibility index (Phi) is 8.72. The molecule has 0 amide bonds. The van der Waals surface area contributed by atoms with Gasteiger partial charge in [-0.3, -0.25) is 4.68 Å². The number of aromatic nitrogens is 4. The van der Waals surface area contributed by atoms with E-state index in [-0.39, 0.29) is 43.0 Å². The first-order valence-corrected chi connectivity index (χ1v) is 16.4. The smallest absolute Gasteiger partial charge is 0.229 e. The molecule has 36 heavy (non-hydrogen) atoms. The van der Waals surface area contributed by atoms with Crippen molar-refractivity contribution in [3.05, 3.63) is 44.4 Å². The van der Waals surface area contributed by atoms with Crippen LogP contribution in [0, 0.1) is 18.2 Å². The molecular weight excluding hydrogens is 590 g/mol. The second kappa shape index (κ2) is 10.9. The molecule has 0 atom stereocenters. The average molecular weight is 618 g/mol. The van der Waals surface area contributed by atoms with Crippen LogP contribution in [0.1, 0.15) is 26.5 Å². The third-order valence-electron chi connectivity index (χ3n) is 6.49. The molecule has 1 aromatic carbocycles. The van der Waals surface area contributed by atoms with Gasteiger partial charge in [-0.05, 0) is 40.3 Å². The summed E-state index contributed by atoms with van der Waals surface area (Å²) in [6.45, 7) is 19.1. The Bertz CT molecular complexity index is 1340. The molecule has 3 aromatic rings. The normalized spacial score (nSPS) is 12.3. The highest BCUT2D eigenvalue weighted by atomic mass is 79.9. The number of hydrogen-bond donors (Lipinski definition) is 0. The molecule has 0 bridgehead atoms. The first-order valence-electron chi connectivity index (χ1n) is 11.1. The molecule has 13 heteroatoms. The molecule has 0 N–H and O–H groups in total. The van der Waals surface area contributed by atoms with E-state index >= 15 is 8.78 Å². The molecule has 2 aromatic heterocycles. The number of hydrogen-bond acceptors (Lipinski definition) is 6. The van der Waals surface area contributed by atoms with Crippen LogP contribution in [0.5, 0.6) is 0 Å². The van der Waals surface area contributed by atoms with Crippen LogP contribution < -0.4 is 4.90 Å². The third-order valence-corrected chi connectivity index (χ3v) is 12.9. The summed E-state index contributed by atoms with van der Waals surface area (Å²) in [5.74, 6) is -1.42. The minimum absolute atomic E-state index is 0.000189. The fraction of sp³-hybridized carbons (Fsp3) is 0.478. The van der Waals surface area contributed by atoms with E-state index < -0.39 is 20.0 Å². The van der Waals surface area contributed by atoms with Crippen LogP contribution in [0.3, 0.4) is 0 Å². The summed E-state index contributed by atoms with van der Waals surface area (Å²) in [5, 5.41) is 3.95. The molecule has 0 aliphatic carbocycles. The number of aryl methyl sites for hydroxylation is 1. The number of fused-ring (bicyclic) bond motifs is 1. The standard InChI is InChI=1S/C23H28BrClF2N6OSSi/c1-23(2,3)36(7,8)34-10-9-33(12-14-13(28-4)11-29-32(14)5)21-15-18(26)17(25)16(24)19(27)20(15)30-22(31-21)35-6/h11H,9-10,12H2,1-3,5-8H3. The molecule has 0 aliphatic heterocycles. The number of rotatable bonds is 8. The van der Waals surface area contributed by atoms with Gasteiger partial charge in [-0.25, -0.2) is 23.6 Å². The fourth-order valence-corrected chi connectivity index (χ4v) is 5.25. The zero-order chi connectivity index (χ0) is 27.0. The van der Waals surface area contributed by atoms with Crippen molar-refractivity contribution in [3.8, 4) is 0 Å². The predicted octanol–water partition coefficient (Wildman–Crippen LogP) is 7.36. The van der Waals surface area contributed by atoms with Gasteiger partial charge in [0.15, 0.2) is 25.1 Å². The van der Waals surface area contributed by atoms with E-state index in [1.807, 2.05) is 0 Å². The van der Waals surface area contributed by atoms with Gasteiger partial charge in [-0.1, -0.05) is 44.1 Å². The van der Waals surface area contributed by atoms with E-state index in [0.717, 1.165) is 0 Å². The lowest BCUT2D eigenvalue weighted by Crippen LogP contribution is -2.43. The zero-order valence-corrected chi connectivity index (χ0v) is 25.4. The van der Waals surface area contributed by atoms with E-state index in [2.05, 4.69) is 69.7 Å². The average Bonchev–Trinajstić information content (AvgIpc) is 3.18. The molecule has 0 spiro atoms. The molecule has 0 radical (unpaired) electrons. The Morgan fingerprint density at radius 2 is 1.94 bits per heavy atom. The molecule has 7 nitrogen and oxygen atoms in total. The van der Waals surface area contributed by atoms with Gasteiger partial charge in [0.1, 0.15) is 11.3 Å². The third kappa shape index (κ3) is 5.55. The minimum Gasteiger partial charge on any atom is -0.415 e. The van der Waals surface area contributed by atoms with Gasteiger partial charge in [0.25, 0.3) is 0 Å². The molecule has 0 saturated heterocycles. The van der Waals surface area contributed by atoms with Gasteiger partial charge < -0.3 is 9.33 Å². The lowest BCUT2D eigenvalue weighted by atomic mass is 10.2. The lowest BCUT2D eigenvalue weighted by Gasteiger charge is -2.37. The fourth-order valence-electron chi connectivity index (χ4n) is 3.31. The van der Waals surface area contributed by atoms with Crippen molar-refractivity contribution in [2.45, 2.75) is 50.6 Å². The predicted molar refractivity (Wildman–Crippen MR) is 148 cm³/mol. The maximum absolute atomic E-state index is 15.5. The highest BCUT2D eigenvalue weighted by Crippen LogP contribution is 2.40. The summed E-state index contributed by atoms with van der Waals surface area (Å²) in [4.78, 5) is 14.1. The Labute approximate surface area is 228 Å². The maximum Gasteiger partial charge on any atom is 0.229 e. The van der Waals surface area contributed by atoms with Crippen LogP contribution in [0.25, 0.3) is 15.7 Å². The van der Waals surface area contributed by atoms with Gasteiger partial charge in [0.2, 0.25) is 5.69 Å².